The summed E-state index contributed by atoms with van der Waals surface area (Å²) in [4.78, 5) is 25.7. The lowest BCUT2D eigenvalue weighted by atomic mass is 10.2. The van der Waals surface area contributed by atoms with Crippen molar-refractivity contribution in [2.45, 2.75) is 38.7 Å². The fourth-order valence-electron chi connectivity index (χ4n) is 3.20. The van der Waals surface area contributed by atoms with Gasteiger partial charge < -0.3 is 10.0 Å². The standard InChI is InChI=1S/C15H18N4OS.C2HF3O2/c20-15(19-4-1-2-5-19)14-12-8-18(9-13(12)16-17-14)7-11-3-6-21-10-11;3-2(4,5)1(6)7/h3,6,10H,1-2,4-5,7-9H2,(H,16,17);(H,6,7). The van der Waals surface area contributed by atoms with Crippen LogP contribution >= 0.6 is 11.3 Å². The van der Waals surface area contributed by atoms with Crippen LogP contribution in [0.5, 0.6) is 0 Å². The van der Waals surface area contributed by atoms with Gasteiger partial charge >= 0.3 is 12.1 Å². The number of aliphatic carboxylic acids is 1. The van der Waals surface area contributed by atoms with E-state index in [1.54, 1.807) is 11.3 Å². The molecule has 11 heteroatoms. The van der Waals surface area contributed by atoms with E-state index in [4.69, 9.17) is 9.90 Å². The molecular formula is C17H19F3N4O3S. The number of alkyl halides is 3. The summed E-state index contributed by atoms with van der Waals surface area (Å²) in [5.74, 6) is -2.66. The van der Waals surface area contributed by atoms with Gasteiger partial charge in [-0.2, -0.15) is 29.6 Å². The van der Waals surface area contributed by atoms with E-state index in [-0.39, 0.29) is 5.91 Å². The number of carboxylic acids is 1. The number of carboxylic acid groups (broad SMARTS) is 1. The Morgan fingerprint density at radius 1 is 1.25 bits per heavy atom. The third-order valence-electron chi connectivity index (χ3n) is 4.54. The molecular weight excluding hydrogens is 397 g/mol. The van der Waals surface area contributed by atoms with Gasteiger partial charge in [-0.3, -0.25) is 14.8 Å². The summed E-state index contributed by atoms with van der Waals surface area (Å²) in [6.07, 6.45) is -2.86. The van der Waals surface area contributed by atoms with Crippen LogP contribution in [0.3, 0.4) is 0 Å². The molecule has 152 valence electrons. The van der Waals surface area contributed by atoms with Gasteiger partial charge in [0, 0.05) is 38.3 Å². The number of carbonyl (C=O) groups excluding carboxylic acids is 1. The molecule has 28 heavy (non-hydrogen) atoms. The number of carbonyl (C=O) groups is 2. The number of rotatable bonds is 3. The fraction of sp³-hybridized carbons (Fsp3) is 0.471. The molecule has 0 spiro atoms. The topological polar surface area (TPSA) is 89.5 Å². The number of aromatic amines is 1. The van der Waals surface area contributed by atoms with Crippen LogP contribution in [0.25, 0.3) is 0 Å². The lowest BCUT2D eigenvalue weighted by molar-refractivity contribution is -0.192. The molecule has 4 heterocycles. The number of H-pyrrole nitrogens is 1. The average Bonchev–Trinajstić information content (AvgIpc) is 3.40. The molecule has 0 atom stereocenters. The first-order valence-electron chi connectivity index (χ1n) is 8.64. The smallest absolute Gasteiger partial charge is 0.475 e. The van der Waals surface area contributed by atoms with E-state index in [1.807, 2.05) is 4.90 Å². The van der Waals surface area contributed by atoms with Crippen molar-refractivity contribution in [3.63, 3.8) is 0 Å². The SMILES string of the molecule is O=C(O)C(F)(F)F.O=C(c1n[nH]c2c1CN(Cc1ccsc1)C2)N1CCCC1. The number of nitrogens with zero attached hydrogens (tertiary/aromatic N) is 3. The van der Waals surface area contributed by atoms with E-state index in [2.05, 4.69) is 31.9 Å². The van der Waals surface area contributed by atoms with E-state index in [0.717, 1.165) is 56.8 Å². The normalized spacial score (nSPS) is 16.6. The third-order valence-corrected chi connectivity index (χ3v) is 5.27. The molecule has 7 nitrogen and oxygen atoms in total. The molecule has 2 N–H and O–H groups in total. The van der Waals surface area contributed by atoms with E-state index in [1.165, 1.54) is 5.56 Å². The van der Waals surface area contributed by atoms with Crippen LogP contribution in [0.2, 0.25) is 0 Å². The highest BCUT2D eigenvalue weighted by molar-refractivity contribution is 7.07. The third kappa shape index (κ3) is 4.71. The molecule has 0 unspecified atom stereocenters. The molecule has 0 saturated carbocycles. The number of likely N-dealkylation sites (tertiary alicyclic amines) is 1. The summed E-state index contributed by atoms with van der Waals surface area (Å²) in [5, 5.41) is 18.7. The molecule has 1 amide bonds. The Labute approximate surface area is 162 Å². The van der Waals surface area contributed by atoms with Crippen LogP contribution in [0.4, 0.5) is 13.2 Å². The van der Waals surface area contributed by atoms with Crippen molar-refractivity contribution in [3.05, 3.63) is 39.3 Å². The van der Waals surface area contributed by atoms with Crippen LogP contribution in [-0.2, 0) is 24.4 Å². The number of thiophene rings is 1. The number of hydrogen-bond acceptors (Lipinski definition) is 5. The number of amides is 1. The van der Waals surface area contributed by atoms with Crippen LogP contribution in [0, 0.1) is 0 Å². The maximum absolute atomic E-state index is 12.5. The van der Waals surface area contributed by atoms with Gasteiger partial charge in [-0.25, -0.2) is 4.79 Å². The Kier molecular flexibility index (Phi) is 6.04. The van der Waals surface area contributed by atoms with Gasteiger partial charge in [0.1, 0.15) is 0 Å². The van der Waals surface area contributed by atoms with Crippen molar-refractivity contribution in [1.29, 1.82) is 0 Å². The highest BCUT2D eigenvalue weighted by Crippen LogP contribution is 2.27. The quantitative estimate of drug-likeness (QED) is 0.803. The van der Waals surface area contributed by atoms with Crippen LogP contribution < -0.4 is 0 Å². The summed E-state index contributed by atoms with van der Waals surface area (Å²) < 4.78 is 31.7. The maximum Gasteiger partial charge on any atom is 0.490 e. The van der Waals surface area contributed by atoms with Crippen molar-refractivity contribution < 1.29 is 27.9 Å². The summed E-state index contributed by atoms with van der Waals surface area (Å²) in [6, 6.07) is 2.16. The van der Waals surface area contributed by atoms with Crippen LogP contribution in [-0.4, -0.2) is 56.2 Å². The first-order valence-corrected chi connectivity index (χ1v) is 9.59. The second-order valence-corrected chi connectivity index (χ2v) is 7.39. The van der Waals surface area contributed by atoms with E-state index in [0.29, 0.717) is 5.69 Å². The summed E-state index contributed by atoms with van der Waals surface area (Å²) in [5.41, 5.74) is 4.18. The Morgan fingerprint density at radius 2 is 1.93 bits per heavy atom. The second-order valence-electron chi connectivity index (χ2n) is 6.61. The van der Waals surface area contributed by atoms with Crippen LogP contribution in [0.15, 0.2) is 16.8 Å². The van der Waals surface area contributed by atoms with Gasteiger partial charge in [0.05, 0.1) is 5.69 Å². The van der Waals surface area contributed by atoms with Gasteiger partial charge in [-0.05, 0) is 35.2 Å². The van der Waals surface area contributed by atoms with Crippen molar-refractivity contribution in [2.24, 2.45) is 0 Å². The molecule has 1 fully saturated rings. The minimum Gasteiger partial charge on any atom is -0.475 e. The molecule has 1 saturated heterocycles. The number of halogens is 3. The number of nitrogens with one attached hydrogen (secondary N) is 1. The zero-order valence-electron chi connectivity index (χ0n) is 14.8. The zero-order chi connectivity index (χ0) is 20.3. The maximum atomic E-state index is 12.5. The van der Waals surface area contributed by atoms with Gasteiger partial charge in [0.25, 0.3) is 5.91 Å². The molecule has 0 aliphatic carbocycles. The van der Waals surface area contributed by atoms with E-state index in [9.17, 15) is 18.0 Å². The zero-order valence-corrected chi connectivity index (χ0v) is 15.6. The predicted molar refractivity (Wildman–Crippen MR) is 94.7 cm³/mol. The molecule has 2 aromatic rings. The fourth-order valence-corrected chi connectivity index (χ4v) is 3.86. The highest BCUT2D eigenvalue weighted by atomic mass is 32.1. The minimum absolute atomic E-state index is 0.0994. The number of hydrogen-bond donors (Lipinski definition) is 2. The van der Waals surface area contributed by atoms with Crippen molar-refractivity contribution in [1.82, 2.24) is 20.0 Å². The van der Waals surface area contributed by atoms with Gasteiger partial charge in [0.15, 0.2) is 5.69 Å². The summed E-state index contributed by atoms with van der Waals surface area (Å²) in [6.45, 7) is 4.35. The average molecular weight is 416 g/mol. The summed E-state index contributed by atoms with van der Waals surface area (Å²) in [7, 11) is 0. The first-order chi connectivity index (χ1) is 13.3. The number of fused-ring (bicyclic) bond motifs is 1. The lowest BCUT2D eigenvalue weighted by Gasteiger charge is -2.16. The summed E-state index contributed by atoms with van der Waals surface area (Å²) >= 11 is 1.73. The van der Waals surface area contributed by atoms with Gasteiger partial charge in [-0.1, -0.05) is 0 Å². The second kappa shape index (κ2) is 8.31. The van der Waals surface area contributed by atoms with Crippen molar-refractivity contribution >= 4 is 23.2 Å². The first kappa shape index (κ1) is 20.3. The van der Waals surface area contributed by atoms with Gasteiger partial charge in [0.2, 0.25) is 0 Å². The van der Waals surface area contributed by atoms with Gasteiger partial charge in [-0.15, -0.1) is 0 Å². The molecule has 4 rings (SSSR count). The number of aromatic nitrogens is 2. The van der Waals surface area contributed by atoms with E-state index < -0.39 is 12.1 Å². The molecule has 0 bridgehead atoms. The lowest BCUT2D eigenvalue weighted by Crippen LogP contribution is -2.29. The molecule has 0 radical (unpaired) electrons. The molecule has 2 aliphatic rings. The predicted octanol–water partition coefficient (Wildman–Crippen LogP) is 2.86. The minimum atomic E-state index is -5.08. The largest absolute Gasteiger partial charge is 0.490 e. The van der Waals surface area contributed by atoms with E-state index >= 15 is 0 Å². The highest BCUT2D eigenvalue weighted by Gasteiger charge is 2.38. The Balaban J connectivity index is 0.000000279. The molecule has 2 aromatic heterocycles. The Bertz CT molecular complexity index is 829. The Morgan fingerprint density at radius 3 is 2.50 bits per heavy atom. The van der Waals surface area contributed by atoms with Crippen LogP contribution in [0.1, 0.15) is 40.2 Å². The Hall–Kier alpha value is -2.40. The molecule has 0 aromatic carbocycles. The monoisotopic (exact) mass is 416 g/mol. The molecule has 2 aliphatic heterocycles. The van der Waals surface area contributed by atoms with Crippen molar-refractivity contribution in [3.8, 4) is 0 Å². The van der Waals surface area contributed by atoms with Crippen molar-refractivity contribution in [2.75, 3.05) is 13.1 Å².